The monoisotopic (exact) mass is 1650 g/mol. The number of ketones is 1. The summed E-state index contributed by atoms with van der Waals surface area (Å²) in [5.74, 6) is -16.7. The summed E-state index contributed by atoms with van der Waals surface area (Å²) in [5.41, 5.74) is 6.10. The van der Waals surface area contributed by atoms with Crippen LogP contribution in [-0.4, -0.2) is 148 Å². The molecule has 1 amide bonds. The maximum atomic E-state index is 15.5. The lowest BCUT2D eigenvalue weighted by atomic mass is 10.00. The van der Waals surface area contributed by atoms with Crippen LogP contribution in [0, 0.1) is 0 Å². The molecule has 4 aliphatic rings. The molecule has 15 rings (SSSR count). The zero-order chi connectivity index (χ0) is 80.6. The lowest BCUT2D eigenvalue weighted by Crippen LogP contribution is -2.51. The number of ether oxygens (including phenoxy) is 4. The van der Waals surface area contributed by atoms with E-state index < -0.39 is 83.0 Å². The van der Waals surface area contributed by atoms with E-state index in [9.17, 15) is 46.6 Å². The molecular formula is C80H78Cl6F6N8O11. The van der Waals surface area contributed by atoms with Crippen molar-refractivity contribution < 1.29 is 79.5 Å². The SMILES string of the molecule is CCOC(=O)C(=O)C1Cc2cc(Cl)ccc2N1C.CCOC(=O)C(F)(F)C1Cc2cc(Cl)ccc2N1C.Clc1ccc2[nH]ccc2c1.Cn1c(C(F)(F)C(=O)N[C@H](CN2CCCC2)[C@H](O)c2ccc3c(c2)OCCO3)cc2cc(Cl)ccc21.Cn1c(C(F)(F)C(=O)O)cc2cc(Cl)ccc21.Cn1ccc2cc(Cl)ccc21. The summed E-state index contributed by atoms with van der Waals surface area (Å²) in [4.78, 5) is 66.7. The third-order valence-corrected chi connectivity index (χ3v) is 20.6. The number of carboxylic acid groups (broad SMARTS) is 1. The molecule has 0 saturated carbocycles. The fourth-order valence-electron chi connectivity index (χ4n) is 13.4. The van der Waals surface area contributed by atoms with E-state index in [4.69, 9.17) is 88.9 Å². The summed E-state index contributed by atoms with van der Waals surface area (Å²) >= 11 is 35.1. The predicted octanol–water partition coefficient (Wildman–Crippen LogP) is 17.4. The molecule has 4 aliphatic heterocycles. The number of esters is 2. The van der Waals surface area contributed by atoms with Crippen molar-refractivity contribution in [3.63, 3.8) is 0 Å². The van der Waals surface area contributed by atoms with Crippen LogP contribution in [0.2, 0.25) is 30.1 Å². The number of benzene rings is 7. The molecule has 7 aromatic carbocycles. The Bertz CT molecular complexity index is 5220. The summed E-state index contributed by atoms with van der Waals surface area (Å²) in [6, 6.07) is 40.3. The maximum absolute atomic E-state index is 15.5. The summed E-state index contributed by atoms with van der Waals surface area (Å²) in [6.45, 7) is 5.92. The zero-order valence-corrected chi connectivity index (χ0v) is 65.5. The molecule has 11 aromatic rings. The molecule has 0 radical (unpaired) electrons. The number of alkyl halides is 6. The Balaban J connectivity index is 0.000000150. The summed E-state index contributed by atoms with van der Waals surface area (Å²) in [5, 5.41) is 29.1. The number of fused-ring (bicyclic) bond motifs is 7. The second-order valence-corrected chi connectivity index (χ2v) is 29.1. The van der Waals surface area contributed by atoms with Crippen molar-refractivity contribution in [1.29, 1.82) is 0 Å². The number of carboxylic acids is 1. The number of halogens is 12. The Labute approximate surface area is 664 Å². The molecule has 8 heterocycles. The van der Waals surface area contributed by atoms with Crippen molar-refractivity contribution in [3.8, 4) is 11.5 Å². The number of nitrogens with zero attached hydrogens (tertiary/aromatic N) is 6. The molecule has 4 aromatic heterocycles. The molecule has 19 nitrogen and oxygen atoms in total. The van der Waals surface area contributed by atoms with Crippen molar-refractivity contribution >= 4 is 154 Å². The van der Waals surface area contributed by atoms with Gasteiger partial charge in [-0.1, -0.05) is 75.7 Å². The number of carbonyl (C=O) groups excluding carboxylic acids is 4. The average Bonchev–Trinajstić information content (AvgIpc) is 1.65. The molecule has 1 fully saturated rings. The van der Waals surface area contributed by atoms with E-state index in [1.54, 1.807) is 91.7 Å². The number of aliphatic hydroxyl groups is 1. The number of nitrogens with one attached hydrogen (secondary N) is 2. The first-order valence-corrected chi connectivity index (χ1v) is 37.2. The van der Waals surface area contributed by atoms with Gasteiger partial charge in [-0.2, -0.15) is 26.3 Å². The fourth-order valence-corrected chi connectivity index (χ4v) is 14.6. The minimum atomic E-state index is -3.92. The third-order valence-electron chi connectivity index (χ3n) is 19.2. The average molecular weight is 1650 g/mol. The Morgan fingerprint density at radius 1 is 0.568 bits per heavy atom. The van der Waals surface area contributed by atoms with Gasteiger partial charge in [0.2, 0.25) is 0 Å². The molecule has 31 heteroatoms. The van der Waals surface area contributed by atoms with Crippen molar-refractivity contribution in [2.75, 3.05) is 70.0 Å². The second kappa shape index (κ2) is 36.0. The number of amides is 1. The van der Waals surface area contributed by atoms with Crippen LogP contribution in [0.3, 0.4) is 0 Å². The third kappa shape index (κ3) is 19.4. The van der Waals surface area contributed by atoms with Crippen LogP contribution in [-0.2, 0) is 79.3 Å². The van der Waals surface area contributed by atoms with Crippen LogP contribution in [0.1, 0.15) is 60.9 Å². The first-order valence-electron chi connectivity index (χ1n) is 35.0. The Hall–Kier alpha value is -9.31. The number of anilines is 2. The van der Waals surface area contributed by atoms with E-state index in [2.05, 4.69) is 30.6 Å². The summed E-state index contributed by atoms with van der Waals surface area (Å²) in [7, 11) is 8.23. The van der Waals surface area contributed by atoms with Crippen molar-refractivity contribution in [3.05, 3.63) is 222 Å². The highest BCUT2D eigenvalue weighted by atomic mass is 35.5. The second-order valence-electron chi connectivity index (χ2n) is 26.4. The topological polar surface area (TPSA) is 215 Å². The number of aryl methyl sites for hydroxylation is 3. The number of carbonyl (C=O) groups is 5. The minimum absolute atomic E-state index is 0.0658. The Morgan fingerprint density at radius 2 is 1.07 bits per heavy atom. The first-order chi connectivity index (χ1) is 52.6. The van der Waals surface area contributed by atoms with Gasteiger partial charge in [0.1, 0.15) is 37.1 Å². The van der Waals surface area contributed by atoms with Gasteiger partial charge in [0, 0.05) is 152 Å². The Kier molecular flexibility index (Phi) is 27.3. The van der Waals surface area contributed by atoms with Gasteiger partial charge >= 0.3 is 35.7 Å². The minimum Gasteiger partial charge on any atom is -0.486 e. The molecule has 2 unspecified atom stereocenters. The van der Waals surface area contributed by atoms with Crippen LogP contribution >= 0.6 is 69.6 Å². The zero-order valence-electron chi connectivity index (χ0n) is 61.0. The maximum Gasteiger partial charge on any atom is 0.382 e. The predicted molar refractivity (Wildman–Crippen MR) is 420 cm³/mol. The highest BCUT2D eigenvalue weighted by Gasteiger charge is 2.53. The van der Waals surface area contributed by atoms with Crippen molar-refractivity contribution in [2.24, 2.45) is 21.1 Å². The van der Waals surface area contributed by atoms with Crippen molar-refractivity contribution in [2.45, 2.75) is 81.5 Å². The van der Waals surface area contributed by atoms with Gasteiger partial charge in [-0.05, 0) is 202 Å². The van der Waals surface area contributed by atoms with Gasteiger partial charge < -0.3 is 67.9 Å². The van der Waals surface area contributed by atoms with Crippen LogP contribution < -0.4 is 24.6 Å². The number of likely N-dealkylation sites (tertiary alicyclic amines) is 1. The molecule has 0 aliphatic carbocycles. The van der Waals surface area contributed by atoms with E-state index >= 15 is 8.78 Å². The van der Waals surface area contributed by atoms with E-state index in [-0.39, 0.29) is 26.2 Å². The van der Waals surface area contributed by atoms with Crippen molar-refractivity contribution in [1.82, 2.24) is 28.9 Å². The smallest absolute Gasteiger partial charge is 0.382 e. The molecule has 4 atom stereocenters. The first kappa shape index (κ1) is 84.1. The molecule has 4 N–H and O–H groups in total. The van der Waals surface area contributed by atoms with Gasteiger partial charge in [0.15, 0.2) is 11.5 Å². The number of likely N-dealkylation sites (N-methyl/N-ethyl adjacent to an activating group) is 2. The molecule has 0 spiro atoms. The molecule has 588 valence electrons. The van der Waals surface area contributed by atoms with Crippen LogP contribution in [0.25, 0.3) is 43.6 Å². The van der Waals surface area contributed by atoms with E-state index in [1.807, 2.05) is 74.0 Å². The number of rotatable bonds is 15. The molecule has 0 bridgehead atoms. The summed E-state index contributed by atoms with van der Waals surface area (Å²) < 4.78 is 111. The van der Waals surface area contributed by atoms with Gasteiger partial charge in [-0.15, -0.1) is 0 Å². The molecule has 111 heavy (non-hydrogen) atoms. The lowest BCUT2D eigenvalue weighted by molar-refractivity contribution is -0.174. The van der Waals surface area contributed by atoms with Crippen LogP contribution in [0.5, 0.6) is 11.5 Å². The number of aromatic amines is 1. The quantitative estimate of drug-likeness (QED) is 0.0427. The van der Waals surface area contributed by atoms with E-state index in [0.717, 1.165) is 68.8 Å². The van der Waals surface area contributed by atoms with Crippen LogP contribution in [0.15, 0.2) is 164 Å². The van der Waals surface area contributed by atoms with E-state index in [1.165, 1.54) is 60.6 Å². The highest BCUT2D eigenvalue weighted by molar-refractivity contribution is 6.37. The number of hydrogen-bond acceptors (Lipinski definition) is 13. The number of aliphatic hydroxyl groups excluding tert-OH is 1. The standard InChI is InChI=1S/C26H28ClF2N3O4.C13H14ClF2NO2.C13H14ClNO3.C11H8ClF2NO2.C9H8ClN.C8H6ClN/c1-31-20-6-5-18(27)12-17(20)14-23(31)26(28,29)25(34)30-19(15-32-8-2-3-9-32)24(33)16-4-7-21-22(13-16)36-11-10-35-21;1-3-19-12(18)13(15,16)11-7-8-6-9(14)4-5-10(8)17(11)2;1-3-18-13(17)12(16)11-7-8-6-9(14)4-5-10(8)15(11)2;1-15-8-3-2-7(12)4-6(8)5-9(15)11(13,14)10(16)17;1-11-5-4-7-6-8(10)2-3-9(7)11;9-7-1-2-8-6(5-7)3-4-10-8/h4-7,12-14,19,24,33H,2-3,8-11,15H2,1H3,(H,30,34);4-6,11H,3,7H2,1-2H3;4-6,11H,3,7H2,1-2H3;2-5H,1H3,(H,16,17);2-6H,1H3;1-5,10H/t19-,24-;;;;;/m1...../s1. The number of aliphatic carboxylic acids is 1. The normalized spacial score (nSPS) is 15.6. The van der Waals surface area contributed by atoms with Gasteiger partial charge in [0.25, 0.3) is 11.7 Å². The van der Waals surface area contributed by atoms with Gasteiger partial charge in [-0.25, -0.2) is 14.4 Å². The largest absolute Gasteiger partial charge is 0.486 e. The Morgan fingerprint density at radius 3 is 1.65 bits per heavy atom. The summed E-state index contributed by atoms with van der Waals surface area (Å²) in [6.07, 6.45) is 5.22. The van der Waals surface area contributed by atoms with Crippen LogP contribution in [0.4, 0.5) is 37.7 Å². The number of aromatic nitrogens is 4. The van der Waals surface area contributed by atoms with Gasteiger partial charge in [0.05, 0.1) is 24.9 Å². The fraction of sp³-hybridized carbons (Fsp3) is 0.312. The molecule has 1 saturated heterocycles. The van der Waals surface area contributed by atoms with Gasteiger partial charge in [-0.3, -0.25) is 9.59 Å². The molecular weight excluding hydrogens is 1580 g/mol. The lowest BCUT2D eigenvalue weighted by Gasteiger charge is -2.30. The van der Waals surface area contributed by atoms with E-state index in [0.29, 0.717) is 89.8 Å². The number of H-pyrrole nitrogens is 1. The number of Topliss-reactive ketones (excluding diaryl/α,β-unsaturated/α-hetero) is 1. The highest BCUT2D eigenvalue weighted by Crippen LogP contribution is 2.42. The number of hydrogen-bond donors (Lipinski definition) is 4.